The summed E-state index contributed by atoms with van der Waals surface area (Å²) in [4.78, 5) is 2.76. The number of rotatable bonds is 4. The summed E-state index contributed by atoms with van der Waals surface area (Å²) in [6.07, 6.45) is 7.99. The quantitative estimate of drug-likeness (QED) is 0.611. The van der Waals surface area contributed by atoms with E-state index < -0.39 is 0 Å². The Bertz CT molecular complexity index is 784. The van der Waals surface area contributed by atoms with Crippen LogP contribution in [0.25, 0.3) is 0 Å². The fraction of sp³-hybridized carbons (Fsp3) is 0.520. The highest BCUT2D eigenvalue weighted by Gasteiger charge is 2.44. The number of piperidine rings is 1. The highest BCUT2D eigenvalue weighted by Crippen LogP contribution is 2.60. The SMILES string of the molecule is c1ccc(CC2CCN(C[C@@H]3CS[C@@]4(CCCc5ccccc54)S3)CC2)cc1. The van der Waals surface area contributed by atoms with E-state index in [2.05, 4.69) is 83.0 Å². The lowest BCUT2D eigenvalue weighted by Gasteiger charge is -2.36. The first-order valence-electron chi connectivity index (χ1n) is 11.0. The van der Waals surface area contributed by atoms with Crippen molar-refractivity contribution in [1.82, 2.24) is 4.90 Å². The van der Waals surface area contributed by atoms with E-state index in [1.54, 1.807) is 11.1 Å². The molecule has 3 heteroatoms. The number of fused-ring (bicyclic) bond motifs is 2. The molecule has 0 saturated carbocycles. The van der Waals surface area contributed by atoms with E-state index in [1.807, 2.05) is 0 Å². The molecule has 0 radical (unpaired) electrons. The lowest BCUT2D eigenvalue weighted by Crippen LogP contribution is -2.38. The van der Waals surface area contributed by atoms with Crippen molar-refractivity contribution in [1.29, 1.82) is 0 Å². The highest BCUT2D eigenvalue weighted by molar-refractivity contribution is 8.21. The molecule has 28 heavy (non-hydrogen) atoms. The van der Waals surface area contributed by atoms with Crippen molar-refractivity contribution in [2.45, 2.75) is 47.9 Å². The van der Waals surface area contributed by atoms with Gasteiger partial charge in [-0.25, -0.2) is 0 Å². The second kappa shape index (κ2) is 8.45. The van der Waals surface area contributed by atoms with Gasteiger partial charge in [-0.05, 0) is 74.2 Å². The van der Waals surface area contributed by atoms with Gasteiger partial charge in [0.2, 0.25) is 0 Å². The van der Waals surface area contributed by atoms with Gasteiger partial charge in [0, 0.05) is 17.5 Å². The zero-order valence-corrected chi connectivity index (χ0v) is 18.3. The molecule has 148 valence electrons. The lowest BCUT2D eigenvalue weighted by atomic mass is 9.90. The molecule has 0 aromatic heterocycles. The van der Waals surface area contributed by atoms with Crippen molar-refractivity contribution in [2.75, 3.05) is 25.4 Å². The predicted molar refractivity (Wildman–Crippen MR) is 124 cm³/mol. The van der Waals surface area contributed by atoms with Gasteiger partial charge in [0.1, 0.15) is 0 Å². The Kier molecular flexibility index (Phi) is 5.76. The minimum absolute atomic E-state index is 0.352. The maximum Gasteiger partial charge on any atom is 0.0866 e. The Labute approximate surface area is 178 Å². The van der Waals surface area contributed by atoms with E-state index in [0.717, 1.165) is 11.2 Å². The maximum atomic E-state index is 2.76. The van der Waals surface area contributed by atoms with Crippen LogP contribution in [0.5, 0.6) is 0 Å². The number of hydrogen-bond donors (Lipinski definition) is 0. The summed E-state index contributed by atoms with van der Waals surface area (Å²) >= 11 is 4.54. The Morgan fingerprint density at radius 1 is 0.964 bits per heavy atom. The van der Waals surface area contributed by atoms with Gasteiger partial charge in [0.05, 0.1) is 4.08 Å². The molecule has 1 aliphatic carbocycles. The van der Waals surface area contributed by atoms with Crippen molar-refractivity contribution in [3.05, 3.63) is 71.3 Å². The van der Waals surface area contributed by atoms with Crippen LogP contribution in [0, 0.1) is 5.92 Å². The topological polar surface area (TPSA) is 3.24 Å². The first-order chi connectivity index (χ1) is 13.8. The zero-order chi connectivity index (χ0) is 18.8. The van der Waals surface area contributed by atoms with E-state index in [9.17, 15) is 0 Å². The van der Waals surface area contributed by atoms with Crippen molar-refractivity contribution < 1.29 is 0 Å². The molecule has 2 aliphatic heterocycles. The number of nitrogens with zero attached hydrogens (tertiary/aromatic N) is 1. The molecule has 1 spiro atoms. The third-order valence-electron chi connectivity index (χ3n) is 6.78. The molecular weight excluding hydrogens is 378 g/mol. The standard InChI is InChI=1S/C25H31NS2/c1-2-7-20(8-3-1)17-21-12-15-26(16-13-21)18-23-19-27-25(28-23)14-6-10-22-9-4-5-11-24(22)25/h1-5,7-9,11,21,23H,6,10,12-19H2/t23-,25+/m1/s1. The Morgan fingerprint density at radius 2 is 1.75 bits per heavy atom. The summed E-state index contributed by atoms with van der Waals surface area (Å²) in [5.41, 5.74) is 4.76. The summed E-state index contributed by atoms with van der Waals surface area (Å²) in [6.45, 7) is 3.88. The fourth-order valence-electron chi connectivity index (χ4n) is 5.29. The molecule has 2 aromatic rings. The van der Waals surface area contributed by atoms with Crippen LogP contribution in [0.2, 0.25) is 0 Å². The Balaban J connectivity index is 1.15. The van der Waals surface area contributed by atoms with Crippen LogP contribution in [-0.4, -0.2) is 35.5 Å². The van der Waals surface area contributed by atoms with Crippen molar-refractivity contribution in [3.8, 4) is 0 Å². The second-order valence-corrected chi connectivity index (χ2v) is 11.9. The average molecular weight is 410 g/mol. The molecule has 2 fully saturated rings. The average Bonchev–Trinajstić information content (AvgIpc) is 3.14. The maximum absolute atomic E-state index is 2.76. The predicted octanol–water partition coefficient (Wildman–Crippen LogP) is 5.98. The van der Waals surface area contributed by atoms with Crippen LogP contribution < -0.4 is 0 Å². The molecule has 0 amide bonds. The lowest BCUT2D eigenvalue weighted by molar-refractivity contribution is 0.186. The molecule has 1 nitrogen and oxygen atoms in total. The summed E-state index contributed by atoms with van der Waals surface area (Å²) < 4.78 is 0.352. The molecule has 3 aliphatic rings. The second-order valence-electron chi connectivity index (χ2n) is 8.75. The molecule has 0 bridgehead atoms. The van der Waals surface area contributed by atoms with Crippen LogP contribution >= 0.6 is 23.5 Å². The van der Waals surface area contributed by atoms with Crippen LogP contribution in [0.3, 0.4) is 0 Å². The first kappa shape index (κ1) is 19.1. The number of hydrogen-bond acceptors (Lipinski definition) is 3. The van der Waals surface area contributed by atoms with Crippen molar-refractivity contribution in [3.63, 3.8) is 0 Å². The minimum atomic E-state index is 0.352. The number of thioether (sulfide) groups is 2. The molecule has 5 rings (SSSR count). The van der Waals surface area contributed by atoms with E-state index >= 15 is 0 Å². The third-order valence-corrected chi connectivity index (χ3v) is 10.5. The van der Waals surface area contributed by atoms with Gasteiger partial charge >= 0.3 is 0 Å². The van der Waals surface area contributed by atoms with Crippen molar-refractivity contribution in [2.24, 2.45) is 5.92 Å². The summed E-state index contributed by atoms with van der Waals surface area (Å²) in [5.74, 6) is 2.20. The van der Waals surface area contributed by atoms with Crippen LogP contribution in [0.15, 0.2) is 54.6 Å². The first-order valence-corrected chi connectivity index (χ1v) is 12.8. The van der Waals surface area contributed by atoms with Gasteiger partial charge in [0.15, 0.2) is 0 Å². The third kappa shape index (κ3) is 4.04. The largest absolute Gasteiger partial charge is 0.302 e. The van der Waals surface area contributed by atoms with E-state index in [-0.39, 0.29) is 0 Å². The van der Waals surface area contributed by atoms with Crippen LogP contribution in [-0.2, 0) is 16.9 Å². The molecule has 0 unspecified atom stereocenters. The zero-order valence-electron chi connectivity index (χ0n) is 16.7. The number of aryl methyl sites for hydroxylation is 1. The molecule has 0 N–H and O–H groups in total. The molecule has 2 heterocycles. The summed E-state index contributed by atoms with van der Waals surface area (Å²) in [5, 5.41) is 0.793. The van der Waals surface area contributed by atoms with E-state index in [1.165, 1.54) is 69.5 Å². The van der Waals surface area contributed by atoms with Crippen LogP contribution in [0.1, 0.15) is 42.4 Å². The van der Waals surface area contributed by atoms with Gasteiger partial charge in [-0.3, -0.25) is 0 Å². The molecule has 2 atom stereocenters. The number of likely N-dealkylation sites (tertiary alicyclic amines) is 1. The van der Waals surface area contributed by atoms with Gasteiger partial charge in [-0.15, -0.1) is 23.5 Å². The van der Waals surface area contributed by atoms with Crippen LogP contribution in [0.4, 0.5) is 0 Å². The molecular formula is C25H31NS2. The summed E-state index contributed by atoms with van der Waals surface area (Å²) in [7, 11) is 0. The van der Waals surface area contributed by atoms with Gasteiger partial charge in [0.25, 0.3) is 0 Å². The number of benzene rings is 2. The smallest absolute Gasteiger partial charge is 0.0866 e. The minimum Gasteiger partial charge on any atom is -0.302 e. The fourth-order valence-corrected chi connectivity index (χ4v) is 9.27. The Hall–Kier alpha value is -0.900. The Morgan fingerprint density at radius 3 is 2.61 bits per heavy atom. The van der Waals surface area contributed by atoms with E-state index in [0.29, 0.717) is 4.08 Å². The molecule has 2 aromatic carbocycles. The highest BCUT2D eigenvalue weighted by atomic mass is 32.2. The monoisotopic (exact) mass is 409 g/mol. The van der Waals surface area contributed by atoms with Gasteiger partial charge in [-0.1, -0.05) is 54.6 Å². The normalized spacial score (nSPS) is 28.5. The molecule has 2 saturated heterocycles. The van der Waals surface area contributed by atoms with E-state index in [4.69, 9.17) is 0 Å². The van der Waals surface area contributed by atoms with Gasteiger partial charge < -0.3 is 4.90 Å². The van der Waals surface area contributed by atoms with Crippen molar-refractivity contribution >= 4 is 23.5 Å². The summed E-state index contributed by atoms with van der Waals surface area (Å²) in [6, 6.07) is 20.3. The van der Waals surface area contributed by atoms with Gasteiger partial charge in [-0.2, -0.15) is 0 Å².